The minimum atomic E-state index is 0.561. The van der Waals surface area contributed by atoms with Gasteiger partial charge in [-0.05, 0) is 25.7 Å². The van der Waals surface area contributed by atoms with Crippen molar-refractivity contribution in [1.29, 1.82) is 0 Å². The number of rotatable bonds is 8. The lowest BCUT2D eigenvalue weighted by Crippen LogP contribution is -1.97. The average Bonchev–Trinajstić information content (AvgIpc) is 3.12. The minimum absolute atomic E-state index is 0.561. The van der Waals surface area contributed by atoms with Crippen LogP contribution in [0, 0.1) is 0 Å². The Kier molecular flexibility index (Phi) is 2.95. The first kappa shape index (κ1) is 10.1. The van der Waals surface area contributed by atoms with Gasteiger partial charge in [-0.2, -0.15) is 0 Å². The third-order valence-corrected chi connectivity index (χ3v) is 3.53. The molecular formula is C12H20O3. The van der Waals surface area contributed by atoms with E-state index < -0.39 is 0 Å². The Morgan fingerprint density at radius 3 is 2.07 bits per heavy atom. The normalized spacial score (nSPS) is 41.6. The molecule has 3 fully saturated rings. The summed E-state index contributed by atoms with van der Waals surface area (Å²) in [5, 5.41) is 0. The fraction of sp³-hybridized carbons (Fsp3) is 1.00. The Morgan fingerprint density at radius 1 is 0.733 bits per heavy atom. The molecule has 0 aromatic heterocycles. The monoisotopic (exact) mass is 212 g/mol. The zero-order valence-electron chi connectivity index (χ0n) is 9.19. The molecule has 0 aromatic carbocycles. The topological polar surface area (TPSA) is 37.6 Å². The predicted molar refractivity (Wildman–Crippen MR) is 55.8 cm³/mol. The van der Waals surface area contributed by atoms with Gasteiger partial charge in [0.05, 0.1) is 37.6 Å². The minimum Gasteiger partial charge on any atom is -0.373 e. The van der Waals surface area contributed by atoms with Crippen LogP contribution in [0.1, 0.15) is 38.5 Å². The Bertz CT molecular complexity index is 211. The van der Waals surface area contributed by atoms with Crippen LogP contribution in [-0.4, -0.2) is 37.6 Å². The van der Waals surface area contributed by atoms with Crippen molar-refractivity contribution in [1.82, 2.24) is 0 Å². The highest BCUT2D eigenvalue weighted by Gasteiger charge is 2.39. The Labute approximate surface area is 91.1 Å². The smallest absolute Gasteiger partial charge is 0.0842 e. The molecule has 4 unspecified atom stereocenters. The summed E-state index contributed by atoms with van der Waals surface area (Å²) in [6.45, 7) is 1.99. The molecule has 86 valence electrons. The first-order valence-corrected chi connectivity index (χ1v) is 6.30. The number of hydrogen-bond donors (Lipinski definition) is 0. The maximum atomic E-state index is 5.63. The quantitative estimate of drug-likeness (QED) is 0.455. The van der Waals surface area contributed by atoms with Crippen LogP contribution in [0.15, 0.2) is 0 Å². The molecule has 0 saturated carbocycles. The summed E-state index contributed by atoms with van der Waals surface area (Å²) in [7, 11) is 0. The highest BCUT2D eigenvalue weighted by Crippen LogP contribution is 2.33. The van der Waals surface area contributed by atoms with Gasteiger partial charge in [0.15, 0.2) is 0 Å². The van der Waals surface area contributed by atoms with E-state index in [9.17, 15) is 0 Å². The fourth-order valence-corrected chi connectivity index (χ4v) is 2.22. The molecule has 0 amide bonds. The van der Waals surface area contributed by atoms with Crippen molar-refractivity contribution < 1.29 is 14.2 Å². The van der Waals surface area contributed by atoms with Crippen LogP contribution in [0.5, 0.6) is 0 Å². The molecule has 3 rings (SSSR count). The second-order valence-corrected chi connectivity index (χ2v) is 4.99. The molecule has 0 aliphatic carbocycles. The van der Waals surface area contributed by atoms with Crippen LogP contribution in [0.2, 0.25) is 0 Å². The second-order valence-electron chi connectivity index (χ2n) is 4.99. The van der Waals surface area contributed by atoms with E-state index in [0.29, 0.717) is 24.4 Å². The SMILES string of the molecule is C(CCC1OC1CCC1CO1)CC1CO1. The van der Waals surface area contributed by atoms with Crippen molar-refractivity contribution in [3.8, 4) is 0 Å². The van der Waals surface area contributed by atoms with E-state index in [4.69, 9.17) is 14.2 Å². The predicted octanol–water partition coefficient (Wildman–Crippen LogP) is 1.89. The highest BCUT2D eigenvalue weighted by molar-refractivity contribution is 4.86. The van der Waals surface area contributed by atoms with Crippen molar-refractivity contribution in [2.24, 2.45) is 0 Å². The van der Waals surface area contributed by atoms with Gasteiger partial charge in [-0.3, -0.25) is 0 Å². The van der Waals surface area contributed by atoms with Gasteiger partial charge < -0.3 is 14.2 Å². The molecule has 3 saturated heterocycles. The zero-order chi connectivity index (χ0) is 10.1. The van der Waals surface area contributed by atoms with Crippen LogP contribution in [-0.2, 0) is 14.2 Å². The van der Waals surface area contributed by atoms with Crippen molar-refractivity contribution in [2.75, 3.05) is 13.2 Å². The molecule has 0 radical (unpaired) electrons. The van der Waals surface area contributed by atoms with E-state index in [0.717, 1.165) is 13.2 Å². The first-order chi connectivity index (χ1) is 7.42. The number of epoxide rings is 3. The number of unbranched alkanes of at least 4 members (excludes halogenated alkanes) is 1. The molecule has 0 bridgehead atoms. The van der Waals surface area contributed by atoms with Crippen molar-refractivity contribution in [2.45, 2.75) is 62.9 Å². The maximum absolute atomic E-state index is 5.63. The Hall–Kier alpha value is -0.120. The van der Waals surface area contributed by atoms with Crippen molar-refractivity contribution >= 4 is 0 Å². The van der Waals surface area contributed by atoms with E-state index in [1.165, 1.54) is 38.5 Å². The molecule has 3 aliphatic heterocycles. The molecule has 15 heavy (non-hydrogen) atoms. The third kappa shape index (κ3) is 3.44. The van der Waals surface area contributed by atoms with Gasteiger partial charge in [-0.25, -0.2) is 0 Å². The summed E-state index contributed by atoms with van der Waals surface area (Å²) in [6, 6.07) is 0. The lowest BCUT2D eigenvalue weighted by molar-refractivity contribution is 0.334. The van der Waals surface area contributed by atoms with Gasteiger partial charge in [0.1, 0.15) is 0 Å². The van der Waals surface area contributed by atoms with Crippen molar-refractivity contribution in [3.63, 3.8) is 0 Å². The molecule has 3 aliphatic rings. The number of ether oxygens (including phenoxy) is 3. The summed E-state index contributed by atoms with van der Waals surface area (Å²) in [5.41, 5.74) is 0. The molecule has 0 N–H and O–H groups in total. The lowest BCUT2D eigenvalue weighted by Gasteiger charge is -1.96. The average molecular weight is 212 g/mol. The van der Waals surface area contributed by atoms with E-state index in [1.807, 2.05) is 0 Å². The molecule has 0 spiro atoms. The van der Waals surface area contributed by atoms with Gasteiger partial charge in [0.25, 0.3) is 0 Å². The maximum Gasteiger partial charge on any atom is 0.0842 e. The summed E-state index contributed by atoms with van der Waals surface area (Å²) in [5.74, 6) is 0. The largest absolute Gasteiger partial charge is 0.373 e. The molecule has 3 nitrogen and oxygen atoms in total. The van der Waals surface area contributed by atoms with Gasteiger partial charge in [-0.15, -0.1) is 0 Å². The number of hydrogen-bond acceptors (Lipinski definition) is 3. The molecule has 0 aromatic rings. The van der Waals surface area contributed by atoms with E-state index in [-0.39, 0.29) is 0 Å². The van der Waals surface area contributed by atoms with Crippen LogP contribution in [0.3, 0.4) is 0 Å². The highest BCUT2D eigenvalue weighted by atomic mass is 16.6. The van der Waals surface area contributed by atoms with Gasteiger partial charge in [-0.1, -0.05) is 12.8 Å². The van der Waals surface area contributed by atoms with Gasteiger partial charge in [0, 0.05) is 0 Å². The molecule has 3 heterocycles. The summed E-state index contributed by atoms with van der Waals surface area (Å²) >= 11 is 0. The fourth-order valence-electron chi connectivity index (χ4n) is 2.22. The zero-order valence-corrected chi connectivity index (χ0v) is 9.19. The molecular weight excluding hydrogens is 192 g/mol. The van der Waals surface area contributed by atoms with Crippen LogP contribution >= 0.6 is 0 Å². The summed E-state index contributed by atoms with van der Waals surface area (Å²) in [4.78, 5) is 0. The second kappa shape index (κ2) is 4.40. The molecule has 3 heteroatoms. The van der Waals surface area contributed by atoms with Crippen molar-refractivity contribution in [3.05, 3.63) is 0 Å². The summed E-state index contributed by atoms with van der Waals surface area (Å²) < 4.78 is 16.0. The van der Waals surface area contributed by atoms with E-state index in [1.54, 1.807) is 0 Å². The van der Waals surface area contributed by atoms with Crippen LogP contribution in [0.25, 0.3) is 0 Å². The Balaban J connectivity index is 1.17. The van der Waals surface area contributed by atoms with Crippen LogP contribution in [0.4, 0.5) is 0 Å². The van der Waals surface area contributed by atoms with Crippen LogP contribution < -0.4 is 0 Å². The Morgan fingerprint density at radius 2 is 1.33 bits per heavy atom. The van der Waals surface area contributed by atoms with Gasteiger partial charge in [0.2, 0.25) is 0 Å². The lowest BCUT2D eigenvalue weighted by atomic mass is 10.1. The molecule has 4 atom stereocenters. The van der Waals surface area contributed by atoms with E-state index >= 15 is 0 Å². The van der Waals surface area contributed by atoms with Gasteiger partial charge >= 0.3 is 0 Å². The van der Waals surface area contributed by atoms with E-state index in [2.05, 4.69) is 0 Å². The standard InChI is InChI=1S/C12H20O3/c1(3-9-7-13-9)2-4-11-12(15-11)6-5-10-8-14-10/h9-12H,1-8H2. The summed E-state index contributed by atoms with van der Waals surface area (Å²) in [6.07, 6.45) is 9.85. The first-order valence-electron chi connectivity index (χ1n) is 6.30. The third-order valence-electron chi connectivity index (χ3n) is 3.53.